The Bertz CT molecular complexity index is 1190. The van der Waals surface area contributed by atoms with Crippen molar-refractivity contribution in [2.24, 2.45) is 5.73 Å². The molecule has 2 heterocycles. The van der Waals surface area contributed by atoms with Crippen molar-refractivity contribution < 1.29 is 17.9 Å². The summed E-state index contributed by atoms with van der Waals surface area (Å²) in [6.45, 7) is 2.01. The number of anilines is 1. The number of hydrogen-bond acceptors (Lipinski definition) is 6. The summed E-state index contributed by atoms with van der Waals surface area (Å²) in [7, 11) is -2.41. The van der Waals surface area contributed by atoms with Crippen LogP contribution < -0.4 is 14.8 Å². The average molecular weight is 409 g/mol. The van der Waals surface area contributed by atoms with Crippen LogP contribution in [0.5, 0.6) is 5.75 Å². The maximum absolute atomic E-state index is 13.6. The normalized spacial score (nSPS) is 19.8. The number of benzene rings is 2. The Hall–Kier alpha value is -3.44. The van der Waals surface area contributed by atoms with Crippen molar-refractivity contribution in [1.82, 2.24) is 0 Å². The van der Waals surface area contributed by atoms with Crippen molar-refractivity contribution in [3.8, 4) is 11.8 Å². The van der Waals surface area contributed by atoms with Crippen LogP contribution >= 0.6 is 0 Å². The van der Waals surface area contributed by atoms with Gasteiger partial charge in [-0.05, 0) is 36.8 Å². The molecule has 0 bridgehead atoms. The highest BCUT2D eigenvalue weighted by molar-refractivity contribution is 7.97. The third-order valence-corrected chi connectivity index (χ3v) is 7.11. The number of nitrogens with zero attached hydrogens (tertiary/aromatic N) is 2. The van der Waals surface area contributed by atoms with Crippen molar-refractivity contribution in [2.75, 3.05) is 18.0 Å². The molecule has 0 saturated carbocycles. The Morgan fingerprint density at radius 1 is 1.21 bits per heavy atom. The van der Waals surface area contributed by atoms with Crippen LogP contribution in [-0.4, -0.2) is 22.1 Å². The number of nitriles is 1. The van der Waals surface area contributed by atoms with Crippen molar-refractivity contribution in [3.05, 3.63) is 76.0 Å². The lowest BCUT2D eigenvalue weighted by atomic mass is 9.88. The molecule has 0 spiro atoms. The van der Waals surface area contributed by atoms with E-state index in [2.05, 4.69) is 0 Å². The maximum Gasteiger partial charge on any atom is 0.265 e. The molecule has 1 unspecified atom stereocenters. The summed E-state index contributed by atoms with van der Waals surface area (Å²) in [4.78, 5) is 0.0222. The van der Waals surface area contributed by atoms with E-state index in [0.29, 0.717) is 22.6 Å². The third kappa shape index (κ3) is 2.74. The summed E-state index contributed by atoms with van der Waals surface area (Å²) in [6, 6.07) is 16.0. The molecule has 0 fully saturated rings. The average Bonchev–Trinajstić information content (AvgIpc) is 2.73. The van der Waals surface area contributed by atoms with E-state index in [1.54, 1.807) is 62.6 Å². The molecule has 29 heavy (non-hydrogen) atoms. The molecular formula is C21H19N3O4S. The summed E-state index contributed by atoms with van der Waals surface area (Å²) < 4.78 is 39.5. The van der Waals surface area contributed by atoms with Gasteiger partial charge in [-0.15, -0.1) is 0 Å². The standard InChI is InChI=1S/C21H19N3O4S/c1-3-24-17-7-5-4-6-15(17)19-20(29(24,25)26)18(16(12-22)21(23)28-19)13-8-10-14(27-2)11-9-13/h4-11,18H,3,23H2,1-2H3. The zero-order chi connectivity index (χ0) is 20.8. The lowest BCUT2D eigenvalue weighted by Gasteiger charge is -2.37. The van der Waals surface area contributed by atoms with Crippen LogP contribution in [0.25, 0.3) is 5.76 Å². The molecule has 0 saturated heterocycles. The molecule has 2 aliphatic heterocycles. The molecule has 2 aliphatic rings. The van der Waals surface area contributed by atoms with Crippen LogP contribution in [-0.2, 0) is 14.8 Å². The SMILES string of the molecule is CCN1c2ccccc2C2=C(C(c3ccc(OC)cc3)C(C#N)=C(N)O2)S1(=O)=O. The van der Waals surface area contributed by atoms with Gasteiger partial charge in [-0.3, -0.25) is 4.31 Å². The number of methoxy groups -OCH3 is 1. The Labute approximate surface area is 169 Å². The molecule has 2 N–H and O–H groups in total. The predicted molar refractivity (Wildman–Crippen MR) is 109 cm³/mol. The first-order valence-corrected chi connectivity index (χ1v) is 10.5. The lowest BCUT2D eigenvalue weighted by Crippen LogP contribution is -2.39. The zero-order valence-electron chi connectivity index (χ0n) is 15.9. The first kappa shape index (κ1) is 18.9. The molecule has 148 valence electrons. The van der Waals surface area contributed by atoms with E-state index in [-0.39, 0.29) is 28.7 Å². The molecule has 0 aliphatic carbocycles. The van der Waals surface area contributed by atoms with Crippen LogP contribution in [0.1, 0.15) is 24.0 Å². The molecule has 7 nitrogen and oxygen atoms in total. The first-order chi connectivity index (χ1) is 13.9. The monoisotopic (exact) mass is 409 g/mol. The first-order valence-electron chi connectivity index (χ1n) is 9.01. The summed E-state index contributed by atoms with van der Waals surface area (Å²) >= 11 is 0. The topological polar surface area (TPSA) is 106 Å². The Kier molecular flexibility index (Phi) is 4.47. The van der Waals surface area contributed by atoms with E-state index < -0.39 is 15.9 Å². The van der Waals surface area contributed by atoms with E-state index in [9.17, 15) is 13.7 Å². The van der Waals surface area contributed by atoms with Crippen molar-refractivity contribution in [3.63, 3.8) is 0 Å². The Morgan fingerprint density at radius 3 is 2.52 bits per heavy atom. The summed E-state index contributed by atoms with van der Waals surface area (Å²) in [6.07, 6.45) is 0. The minimum Gasteiger partial charge on any atom is -0.497 e. The van der Waals surface area contributed by atoms with E-state index in [4.69, 9.17) is 15.2 Å². The van der Waals surface area contributed by atoms with Crippen LogP contribution in [0.15, 0.2) is 64.9 Å². The molecule has 2 aromatic carbocycles. The molecule has 2 aromatic rings. The van der Waals surface area contributed by atoms with Gasteiger partial charge in [-0.1, -0.05) is 24.3 Å². The number of nitrogens with two attached hydrogens (primary N) is 1. The number of hydrogen-bond donors (Lipinski definition) is 1. The van der Waals surface area contributed by atoms with Gasteiger partial charge in [-0.25, -0.2) is 8.42 Å². The van der Waals surface area contributed by atoms with Gasteiger partial charge in [0.1, 0.15) is 22.3 Å². The molecule has 8 heteroatoms. The van der Waals surface area contributed by atoms with Crippen LogP contribution in [0.3, 0.4) is 0 Å². The van der Waals surface area contributed by atoms with Gasteiger partial charge < -0.3 is 15.2 Å². The Balaban J connectivity index is 2.03. The second-order valence-electron chi connectivity index (χ2n) is 6.58. The van der Waals surface area contributed by atoms with Gasteiger partial charge in [0, 0.05) is 12.1 Å². The fourth-order valence-corrected chi connectivity index (χ4v) is 5.71. The maximum atomic E-state index is 13.6. The highest BCUT2D eigenvalue weighted by atomic mass is 32.2. The fourth-order valence-electron chi connectivity index (χ4n) is 3.78. The smallest absolute Gasteiger partial charge is 0.265 e. The van der Waals surface area contributed by atoms with E-state index in [1.807, 2.05) is 6.07 Å². The lowest BCUT2D eigenvalue weighted by molar-refractivity contribution is 0.357. The summed E-state index contributed by atoms with van der Waals surface area (Å²) in [5.41, 5.74) is 7.88. The summed E-state index contributed by atoms with van der Waals surface area (Å²) in [5, 5.41) is 9.75. The predicted octanol–water partition coefficient (Wildman–Crippen LogP) is 3.04. The molecule has 0 radical (unpaired) electrons. The van der Waals surface area contributed by atoms with Gasteiger partial charge in [-0.2, -0.15) is 5.26 Å². The highest BCUT2D eigenvalue weighted by Crippen LogP contribution is 2.50. The number of fused-ring (bicyclic) bond motifs is 2. The van der Waals surface area contributed by atoms with Crippen molar-refractivity contribution in [2.45, 2.75) is 12.8 Å². The van der Waals surface area contributed by atoms with Crippen LogP contribution in [0.2, 0.25) is 0 Å². The number of para-hydroxylation sites is 1. The number of sulfonamides is 1. The largest absolute Gasteiger partial charge is 0.497 e. The number of ether oxygens (including phenoxy) is 2. The molecule has 0 aromatic heterocycles. The van der Waals surface area contributed by atoms with Crippen LogP contribution in [0.4, 0.5) is 5.69 Å². The van der Waals surface area contributed by atoms with Gasteiger partial charge in [0.2, 0.25) is 5.88 Å². The highest BCUT2D eigenvalue weighted by Gasteiger charge is 2.46. The van der Waals surface area contributed by atoms with E-state index in [1.165, 1.54) is 4.31 Å². The number of rotatable bonds is 3. The van der Waals surface area contributed by atoms with E-state index >= 15 is 0 Å². The molecule has 4 rings (SSSR count). The number of allylic oxidation sites excluding steroid dienone is 2. The Morgan fingerprint density at radius 2 is 1.90 bits per heavy atom. The molecule has 0 amide bonds. The zero-order valence-corrected chi connectivity index (χ0v) is 16.7. The third-order valence-electron chi connectivity index (χ3n) is 5.09. The van der Waals surface area contributed by atoms with Gasteiger partial charge in [0.15, 0.2) is 5.76 Å². The quantitative estimate of drug-likeness (QED) is 0.835. The van der Waals surface area contributed by atoms with E-state index in [0.717, 1.165) is 0 Å². The second kappa shape index (κ2) is 6.87. The van der Waals surface area contributed by atoms with Gasteiger partial charge >= 0.3 is 0 Å². The molecule has 1 atom stereocenters. The van der Waals surface area contributed by atoms with Crippen molar-refractivity contribution in [1.29, 1.82) is 5.26 Å². The van der Waals surface area contributed by atoms with Crippen molar-refractivity contribution >= 4 is 21.5 Å². The van der Waals surface area contributed by atoms with Gasteiger partial charge in [0.25, 0.3) is 10.0 Å². The minimum atomic E-state index is -3.95. The second-order valence-corrected chi connectivity index (χ2v) is 8.41. The van der Waals surface area contributed by atoms with Crippen LogP contribution in [0, 0.1) is 11.3 Å². The summed E-state index contributed by atoms with van der Waals surface area (Å²) in [5.74, 6) is -0.177. The fraction of sp³-hybridized carbons (Fsp3) is 0.190. The molecular weight excluding hydrogens is 390 g/mol. The minimum absolute atomic E-state index is 0.0222. The van der Waals surface area contributed by atoms with Gasteiger partial charge in [0.05, 0.1) is 18.7 Å².